The van der Waals surface area contributed by atoms with E-state index in [0.29, 0.717) is 18.2 Å². The van der Waals surface area contributed by atoms with Crippen LogP contribution in [0.15, 0.2) is 17.8 Å². The number of aromatic nitrogens is 2. The van der Waals surface area contributed by atoms with E-state index in [0.717, 1.165) is 30.2 Å². The molecule has 0 spiro atoms. The monoisotopic (exact) mass is 291 g/mol. The van der Waals surface area contributed by atoms with E-state index in [4.69, 9.17) is 0 Å². The van der Waals surface area contributed by atoms with Crippen molar-refractivity contribution in [1.82, 2.24) is 14.3 Å². The molecule has 0 amide bonds. The zero-order chi connectivity index (χ0) is 13.9. The highest BCUT2D eigenvalue weighted by atomic mass is 32.1. The number of hydrogen-bond acceptors (Lipinski definition) is 4. The average Bonchev–Trinajstić information content (AvgIpc) is 2.89. The molecule has 1 aliphatic heterocycles. The Hall–Kier alpha value is -1.20. The van der Waals surface area contributed by atoms with E-state index in [-0.39, 0.29) is 0 Å². The molecule has 0 aromatic carbocycles. The van der Waals surface area contributed by atoms with Gasteiger partial charge in [-0.2, -0.15) is 0 Å². The zero-order valence-corrected chi connectivity index (χ0v) is 12.7. The first kappa shape index (κ1) is 13.8. The van der Waals surface area contributed by atoms with Crippen LogP contribution in [-0.4, -0.2) is 32.7 Å². The van der Waals surface area contributed by atoms with Crippen LogP contribution >= 0.6 is 11.3 Å². The summed E-state index contributed by atoms with van der Waals surface area (Å²) in [7, 11) is 0. The van der Waals surface area contributed by atoms with Crippen LogP contribution in [0.5, 0.6) is 0 Å². The van der Waals surface area contributed by atoms with Crippen molar-refractivity contribution in [3.8, 4) is 0 Å². The van der Waals surface area contributed by atoms with Crippen LogP contribution in [-0.2, 0) is 11.3 Å². The number of thiazole rings is 1. The highest BCUT2D eigenvalue weighted by Gasteiger charge is 2.23. The van der Waals surface area contributed by atoms with Crippen molar-refractivity contribution < 1.29 is 4.79 Å². The Balaban J connectivity index is 1.74. The van der Waals surface area contributed by atoms with Crippen molar-refractivity contribution in [2.45, 2.75) is 51.6 Å². The van der Waals surface area contributed by atoms with Gasteiger partial charge in [-0.3, -0.25) is 14.1 Å². The average molecular weight is 291 g/mol. The third kappa shape index (κ3) is 3.10. The summed E-state index contributed by atoms with van der Waals surface area (Å²) in [6, 6.07) is 0.398. The maximum absolute atomic E-state index is 11.5. The quantitative estimate of drug-likeness (QED) is 0.868. The van der Waals surface area contributed by atoms with E-state index in [2.05, 4.69) is 25.9 Å². The van der Waals surface area contributed by atoms with Crippen LogP contribution in [0.4, 0.5) is 0 Å². The van der Waals surface area contributed by atoms with E-state index >= 15 is 0 Å². The first-order valence-corrected chi connectivity index (χ1v) is 8.25. The molecule has 0 aliphatic carbocycles. The van der Waals surface area contributed by atoms with E-state index in [1.54, 1.807) is 18.3 Å². The fraction of sp³-hybridized carbons (Fsp3) is 0.600. The lowest BCUT2D eigenvalue weighted by Crippen LogP contribution is -2.35. The molecule has 1 fully saturated rings. The number of carbonyl (C=O) groups is 1. The number of ketones is 1. The minimum atomic E-state index is 0.299. The summed E-state index contributed by atoms with van der Waals surface area (Å²) >= 11 is 1.66. The van der Waals surface area contributed by atoms with Crippen molar-refractivity contribution in [1.29, 1.82) is 0 Å². The molecule has 0 radical (unpaired) electrons. The minimum Gasteiger partial charge on any atom is -0.300 e. The summed E-state index contributed by atoms with van der Waals surface area (Å²) in [5.41, 5.74) is 1.12. The van der Waals surface area contributed by atoms with Gasteiger partial charge in [0.2, 0.25) is 0 Å². The maximum Gasteiger partial charge on any atom is 0.193 e. The normalized spacial score (nSPS) is 21.1. The SMILES string of the molecule is CC(=O)CC1CCCCCN1Cc1cn2ccsc2n1. The molecule has 20 heavy (non-hydrogen) atoms. The molecule has 1 atom stereocenters. The Bertz CT molecular complexity index is 560. The van der Waals surface area contributed by atoms with Gasteiger partial charge in [-0.15, -0.1) is 11.3 Å². The molecule has 2 aromatic heterocycles. The lowest BCUT2D eigenvalue weighted by atomic mass is 10.0. The van der Waals surface area contributed by atoms with Gasteiger partial charge in [0.1, 0.15) is 5.78 Å². The highest BCUT2D eigenvalue weighted by molar-refractivity contribution is 7.15. The second-order valence-electron chi connectivity index (χ2n) is 5.70. The number of likely N-dealkylation sites (tertiary alicyclic amines) is 1. The second-order valence-corrected chi connectivity index (χ2v) is 6.58. The lowest BCUT2D eigenvalue weighted by Gasteiger charge is -2.28. The molecule has 1 saturated heterocycles. The van der Waals surface area contributed by atoms with Gasteiger partial charge >= 0.3 is 0 Å². The molecule has 0 N–H and O–H groups in total. The van der Waals surface area contributed by atoms with Gasteiger partial charge in [0.15, 0.2) is 4.96 Å². The molecule has 0 bridgehead atoms. The number of carbonyl (C=O) groups excluding carboxylic acids is 1. The van der Waals surface area contributed by atoms with Crippen LogP contribution in [0.2, 0.25) is 0 Å². The van der Waals surface area contributed by atoms with E-state index in [9.17, 15) is 4.79 Å². The Kier molecular flexibility index (Phi) is 4.17. The lowest BCUT2D eigenvalue weighted by molar-refractivity contribution is -0.118. The third-order valence-electron chi connectivity index (χ3n) is 4.03. The first-order chi connectivity index (χ1) is 9.72. The summed E-state index contributed by atoms with van der Waals surface area (Å²) in [5, 5.41) is 2.05. The van der Waals surface area contributed by atoms with Gasteiger partial charge in [0, 0.05) is 36.8 Å². The molecule has 5 heteroatoms. The summed E-state index contributed by atoms with van der Waals surface area (Å²) in [4.78, 5) is 19.7. The molecular weight excluding hydrogens is 270 g/mol. The molecule has 3 heterocycles. The standard InChI is InChI=1S/C15H21N3OS/c1-12(19)9-14-5-3-2-4-6-17(14)10-13-11-18-7-8-20-15(18)16-13/h7-8,11,14H,2-6,9-10H2,1H3. The van der Waals surface area contributed by atoms with Gasteiger partial charge < -0.3 is 0 Å². The van der Waals surface area contributed by atoms with Crippen LogP contribution in [0.25, 0.3) is 4.96 Å². The van der Waals surface area contributed by atoms with Crippen LogP contribution in [0.3, 0.4) is 0 Å². The Morgan fingerprint density at radius 3 is 3.15 bits per heavy atom. The summed E-state index contributed by atoms with van der Waals surface area (Å²) in [6.07, 6.45) is 9.74. The molecule has 2 aromatic rings. The minimum absolute atomic E-state index is 0.299. The van der Waals surface area contributed by atoms with Crippen LogP contribution < -0.4 is 0 Å². The molecule has 1 aliphatic rings. The molecule has 108 valence electrons. The van der Waals surface area contributed by atoms with Crippen molar-refractivity contribution in [2.24, 2.45) is 0 Å². The number of hydrogen-bond donors (Lipinski definition) is 0. The number of nitrogens with zero attached hydrogens (tertiary/aromatic N) is 3. The van der Waals surface area contributed by atoms with Crippen molar-refractivity contribution in [2.75, 3.05) is 6.54 Å². The fourth-order valence-electron chi connectivity index (χ4n) is 3.07. The van der Waals surface area contributed by atoms with Gasteiger partial charge in [0.05, 0.1) is 5.69 Å². The Labute approximate surface area is 123 Å². The number of Topliss-reactive ketones (excluding diaryl/α,β-unsaturated/α-hetero) is 1. The zero-order valence-electron chi connectivity index (χ0n) is 11.9. The topological polar surface area (TPSA) is 37.6 Å². The van der Waals surface area contributed by atoms with E-state index in [1.165, 1.54) is 19.3 Å². The molecular formula is C15H21N3OS. The maximum atomic E-state index is 11.5. The molecule has 0 saturated carbocycles. The van der Waals surface area contributed by atoms with Crippen molar-refractivity contribution >= 4 is 22.1 Å². The summed E-state index contributed by atoms with van der Waals surface area (Å²) in [6.45, 7) is 3.66. The van der Waals surface area contributed by atoms with Crippen LogP contribution in [0.1, 0.15) is 44.7 Å². The fourth-order valence-corrected chi connectivity index (χ4v) is 3.79. The highest BCUT2D eigenvalue weighted by Crippen LogP contribution is 2.22. The Morgan fingerprint density at radius 1 is 1.45 bits per heavy atom. The number of imidazole rings is 1. The second kappa shape index (κ2) is 6.06. The molecule has 4 nitrogen and oxygen atoms in total. The van der Waals surface area contributed by atoms with Crippen LogP contribution in [0, 0.1) is 0 Å². The van der Waals surface area contributed by atoms with Gasteiger partial charge in [-0.05, 0) is 26.3 Å². The number of rotatable bonds is 4. The van der Waals surface area contributed by atoms with Crippen molar-refractivity contribution in [3.05, 3.63) is 23.5 Å². The van der Waals surface area contributed by atoms with E-state index < -0.39 is 0 Å². The Morgan fingerprint density at radius 2 is 2.35 bits per heavy atom. The van der Waals surface area contributed by atoms with Gasteiger partial charge in [0.25, 0.3) is 0 Å². The number of fused-ring (bicyclic) bond motifs is 1. The van der Waals surface area contributed by atoms with Crippen molar-refractivity contribution in [3.63, 3.8) is 0 Å². The predicted molar refractivity (Wildman–Crippen MR) is 81.0 cm³/mol. The first-order valence-electron chi connectivity index (χ1n) is 7.37. The van der Waals surface area contributed by atoms with E-state index in [1.807, 2.05) is 6.20 Å². The smallest absolute Gasteiger partial charge is 0.193 e. The predicted octanol–water partition coefficient (Wildman–Crippen LogP) is 3.12. The summed E-state index contributed by atoms with van der Waals surface area (Å²) in [5.74, 6) is 0.299. The summed E-state index contributed by atoms with van der Waals surface area (Å²) < 4.78 is 2.08. The van der Waals surface area contributed by atoms with Gasteiger partial charge in [-0.25, -0.2) is 4.98 Å². The molecule has 3 rings (SSSR count). The largest absolute Gasteiger partial charge is 0.300 e. The third-order valence-corrected chi connectivity index (χ3v) is 4.80. The van der Waals surface area contributed by atoms with Gasteiger partial charge in [-0.1, -0.05) is 12.8 Å². The molecule has 1 unspecified atom stereocenters.